The van der Waals surface area contributed by atoms with E-state index in [2.05, 4.69) is 6.92 Å². The van der Waals surface area contributed by atoms with Crippen LogP contribution in [0.4, 0.5) is 0 Å². The number of aliphatic hydroxyl groups excluding tert-OH is 1. The van der Waals surface area contributed by atoms with Crippen molar-refractivity contribution < 1.29 is 5.11 Å². The SMILES string of the molecule is CC1(CC(O)CN)CC1. The van der Waals surface area contributed by atoms with Gasteiger partial charge in [0.2, 0.25) is 0 Å². The van der Waals surface area contributed by atoms with E-state index < -0.39 is 0 Å². The summed E-state index contributed by atoms with van der Waals surface area (Å²) in [5, 5.41) is 9.11. The molecule has 1 unspecified atom stereocenters. The lowest BCUT2D eigenvalue weighted by molar-refractivity contribution is 0.148. The molecule has 0 heterocycles. The Morgan fingerprint density at radius 1 is 1.67 bits per heavy atom. The van der Waals surface area contributed by atoms with Crippen LogP contribution in [-0.4, -0.2) is 17.8 Å². The average Bonchev–Trinajstić information content (AvgIpc) is 2.48. The normalized spacial score (nSPS) is 25.7. The molecule has 1 fully saturated rings. The standard InChI is InChI=1S/C7H15NO/c1-7(2-3-7)4-6(9)5-8/h6,9H,2-5,8H2,1H3. The largest absolute Gasteiger partial charge is 0.392 e. The third-order valence-corrected chi connectivity index (χ3v) is 2.10. The molecule has 0 aliphatic heterocycles. The Bertz CT molecular complexity index is 99.1. The lowest BCUT2D eigenvalue weighted by atomic mass is 10.0. The summed E-state index contributed by atoms with van der Waals surface area (Å²) in [6.45, 7) is 2.61. The summed E-state index contributed by atoms with van der Waals surface area (Å²) >= 11 is 0. The smallest absolute Gasteiger partial charge is 0.0667 e. The zero-order valence-electron chi connectivity index (χ0n) is 5.93. The van der Waals surface area contributed by atoms with E-state index in [1.54, 1.807) is 0 Å². The molecule has 0 radical (unpaired) electrons. The van der Waals surface area contributed by atoms with E-state index in [4.69, 9.17) is 10.8 Å². The van der Waals surface area contributed by atoms with Crippen molar-refractivity contribution in [2.75, 3.05) is 6.54 Å². The van der Waals surface area contributed by atoms with Gasteiger partial charge in [-0.15, -0.1) is 0 Å². The van der Waals surface area contributed by atoms with E-state index in [1.807, 2.05) is 0 Å². The van der Waals surface area contributed by atoms with Crippen molar-refractivity contribution in [2.24, 2.45) is 11.1 Å². The van der Waals surface area contributed by atoms with Crippen LogP contribution in [0.2, 0.25) is 0 Å². The number of hydrogen-bond acceptors (Lipinski definition) is 2. The van der Waals surface area contributed by atoms with Gasteiger partial charge in [-0.1, -0.05) is 6.92 Å². The summed E-state index contributed by atoms with van der Waals surface area (Å²) in [6, 6.07) is 0. The highest BCUT2D eigenvalue weighted by atomic mass is 16.3. The molecule has 9 heavy (non-hydrogen) atoms. The molecule has 0 amide bonds. The molecule has 3 N–H and O–H groups in total. The number of hydrogen-bond donors (Lipinski definition) is 2. The Kier molecular flexibility index (Phi) is 1.78. The average molecular weight is 129 g/mol. The summed E-state index contributed by atoms with van der Waals surface area (Å²) in [4.78, 5) is 0. The van der Waals surface area contributed by atoms with Crippen LogP contribution in [0, 0.1) is 5.41 Å². The second-order valence-corrected chi connectivity index (χ2v) is 3.40. The lowest BCUT2D eigenvalue weighted by Gasteiger charge is -2.11. The fourth-order valence-corrected chi connectivity index (χ4v) is 1.07. The van der Waals surface area contributed by atoms with Crippen LogP contribution in [0.5, 0.6) is 0 Å². The van der Waals surface area contributed by atoms with Crippen LogP contribution in [-0.2, 0) is 0 Å². The molecule has 0 aromatic rings. The maximum Gasteiger partial charge on any atom is 0.0667 e. The first kappa shape index (κ1) is 7.03. The minimum atomic E-state index is -0.266. The quantitative estimate of drug-likeness (QED) is 0.582. The minimum absolute atomic E-state index is 0.266. The second kappa shape index (κ2) is 2.27. The van der Waals surface area contributed by atoms with Crippen molar-refractivity contribution in [3.63, 3.8) is 0 Å². The summed E-state index contributed by atoms with van der Waals surface area (Å²) in [5.74, 6) is 0. The van der Waals surface area contributed by atoms with E-state index in [0.717, 1.165) is 6.42 Å². The van der Waals surface area contributed by atoms with E-state index in [-0.39, 0.29) is 6.10 Å². The highest BCUT2D eigenvalue weighted by molar-refractivity contribution is 4.90. The molecule has 0 spiro atoms. The van der Waals surface area contributed by atoms with E-state index in [1.165, 1.54) is 12.8 Å². The summed E-state index contributed by atoms with van der Waals surface area (Å²) in [7, 11) is 0. The fraction of sp³-hybridized carbons (Fsp3) is 1.00. The molecule has 0 aromatic carbocycles. The van der Waals surface area contributed by atoms with Crippen molar-refractivity contribution in [1.82, 2.24) is 0 Å². The predicted molar refractivity (Wildman–Crippen MR) is 37.0 cm³/mol. The first-order chi connectivity index (χ1) is 4.16. The van der Waals surface area contributed by atoms with Gasteiger partial charge in [0.25, 0.3) is 0 Å². The first-order valence-electron chi connectivity index (χ1n) is 3.54. The summed E-state index contributed by atoms with van der Waals surface area (Å²) in [5.41, 5.74) is 5.70. The van der Waals surface area contributed by atoms with Crippen molar-refractivity contribution in [1.29, 1.82) is 0 Å². The van der Waals surface area contributed by atoms with Gasteiger partial charge < -0.3 is 10.8 Å². The van der Waals surface area contributed by atoms with E-state index in [9.17, 15) is 0 Å². The molecular formula is C7H15NO. The van der Waals surface area contributed by atoms with Gasteiger partial charge in [-0.3, -0.25) is 0 Å². The van der Waals surface area contributed by atoms with E-state index in [0.29, 0.717) is 12.0 Å². The Morgan fingerprint density at radius 2 is 2.22 bits per heavy atom. The van der Waals surface area contributed by atoms with Gasteiger partial charge in [-0.05, 0) is 24.7 Å². The molecule has 0 aromatic heterocycles. The molecule has 1 saturated carbocycles. The predicted octanol–water partition coefficient (Wildman–Crippen LogP) is 0.496. The fourth-order valence-electron chi connectivity index (χ4n) is 1.07. The van der Waals surface area contributed by atoms with Gasteiger partial charge in [0.1, 0.15) is 0 Å². The zero-order valence-corrected chi connectivity index (χ0v) is 5.93. The Hall–Kier alpha value is -0.0800. The summed E-state index contributed by atoms with van der Waals surface area (Å²) in [6.07, 6.45) is 3.16. The van der Waals surface area contributed by atoms with Gasteiger partial charge >= 0.3 is 0 Å². The van der Waals surface area contributed by atoms with Crippen molar-refractivity contribution >= 4 is 0 Å². The van der Waals surface area contributed by atoms with Crippen LogP contribution in [0.15, 0.2) is 0 Å². The van der Waals surface area contributed by atoms with Crippen LogP contribution in [0.1, 0.15) is 26.2 Å². The van der Waals surface area contributed by atoms with Crippen molar-refractivity contribution in [3.8, 4) is 0 Å². The first-order valence-corrected chi connectivity index (χ1v) is 3.54. The second-order valence-electron chi connectivity index (χ2n) is 3.40. The molecule has 1 aliphatic rings. The molecule has 1 atom stereocenters. The maximum absolute atomic E-state index is 9.11. The van der Waals surface area contributed by atoms with Gasteiger partial charge in [0.15, 0.2) is 0 Å². The van der Waals surface area contributed by atoms with Gasteiger partial charge in [0, 0.05) is 6.54 Å². The van der Waals surface area contributed by atoms with Crippen molar-refractivity contribution in [3.05, 3.63) is 0 Å². The molecule has 0 saturated heterocycles. The zero-order chi connectivity index (χ0) is 6.91. The molecule has 1 aliphatic carbocycles. The summed E-state index contributed by atoms with van der Waals surface area (Å²) < 4.78 is 0. The van der Waals surface area contributed by atoms with Crippen LogP contribution >= 0.6 is 0 Å². The maximum atomic E-state index is 9.11. The number of aliphatic hydroxyl groups is 1. The highest BCUT2D eigenvalue weighted by Crippen LogP contribution is 2.48. The Labute approximate surface area is 56.1 Å². The van der Waals surface area contributed by atoms with Crippen LogP contribution in [0.25, 0.3) is 0 Å². The monoisotopic (exact) mass is 129 g/mol. The van der Waals surface area contributed by atoms with Gasteiger partial charge in [-0.25, -0.2) is 0 Å². The molecular weight excluding hydrogens is 114 g/mol. The molecule has 2 heteroatoms. The van der Waals surface area contributed by atoms with Crippen LogP contribution < -0.4 is 5.73 Å². The molecule has 0 bridgehead atoms. The van der Waals surface area contributed by atoms with Crippen LogP contribution in [0.3, 0.4) is 0 Å². The third kappa shape index (κ3) is 1.95. The number of rotatable bonds is 3. The van der Waals surface area contributed by atoms with E-state index >= 15 is 0 Å². The minimum Gasteiger partial charge on any atom is -0.392 e. The Balaban J connectivity index is 2.17. The lowest BCUT2D eigenvalue weighted by Crippen LogP contribution is -2.22. The highest BCUT2D eigenvalue weighted by Gasteiger charge is 2.38. The third-order valence-electron chi connectivity index (χ3n) is 2.10. The van der Waals surface area contributed by atoms with Gasteiger partial charge in [-0.2, -0.15) is 0 Å². The molecule has 1 rings (SSSR count). The molecule has 2 nitrogen and oxygen atoms in total. The Morgan fingerprint density at radius 3 is 2.56 bits per heavy atom. The van der Waals surface area contributed by atoms with Gasteiger partial charge in [0.05, 0.1) is 6.10 Å². The number of nitrogens with two attached hydrogens (primary N) is 1. The van der Waals surface area contributed by atoms with Crippen molar-refractivity contribution in [2.45, 2.75) is 32.3 Å². The molecule has 54 valence electrons. The topological polar surface area (TPSA) is 46.2 Å².